The van der Waals surface area contributed by atoms with E-state index in [0.717, 1.165) is 12.5 Å². The van der Waals surface area contributed by atoms with Gasteiger partial charge in [0.25, 0.3) is 0 Å². The van der Waals surface area contributed by atoms with Gasteiger partial charge in [-0.25, -0.2) is 9.78 Å². The van der Waals surface area contributed by atoms with Crippen molar-refractivity contribution in [3.8, 4) is 16.9 Å². The quantitative estimate of drug-likeness (QED) is 0.403. The summed E-state index contributed by atoms with van der Waals surface area (Å²) < 4.78 is 51.0. The maximum Gasteiger partial charge on any atom is 0.419 e. The number of hydrogen-bond acceptors (Lipinski definition) is 5. The zero-order chi connectivity index (χ0) is 26.4. The highest BCUT2D eigenvalue weighted by Gasteiger charge is 2.35. The number of primary amides is 1. The van der Waals surface area contributed by atoms with Crippen LogP contribution < -0.4 is 10.5 Å². The van der Waals surface area contributed by atoms with Crippen molar-refractivity contribution in [1.29, 1.82) is 0 Å². The SMILES string of the molecule is CC(C)(C)OC(N)=O.CC(C)CC(C)COc1ccc(-c2ccnc3[nH]ncc23)cc1C(F)(F)F. The molecule has 3 N–H and O–H groups in total. The first-order valence-corrected chi connectivity index (χ1v) is 11.3. The Bertz CT molecular complexity index is 1120. The van der Waals surface area contributed by atoms with Crippen LogP contribution in [0.25, 0.3) is 22.2 Å². The van der Waals surface area contributed by atoms with E-state index < -0.39 is 23.4 Å². The molecule has 0 aliphatic rings. The van der Waals surface area contributed by atoms with Crippen LogP contribution in [-0.4, -0.2) is 33.5 Å². The third-order valence-electron chi connectivity index (χ3n) is 4.75. The van der Waals surface area contributed by atoms with Crippen LogP contribution in [0.4, 0.5) is 18.0 Å². The summed E-state index contributed by atoms with van der Waals surface area (Å²) in [5.74, 6) is 0.507. The molecule has 0 fully saturated rings. The van der Waals surface area contributed by atoms with Gasteiger partial charge in [0.05, 0.1) is 18.4 Å². The van der Waals surface area contributed by atoms with Crippen molar-refractivity contribution in [2.45, 2.75) is 59.7 Å². The first kappa shape index (κ1) is 27.9. The summed E-state index contributed by atoms with van der Waals surface area (Å²) >= 11 is 0. The molecule has 0 saturated carbocycles. The Balaban J connectivity index is 0.000000466. The van der Waals surface area contributed by atoms with E-state index in [4.69, 9.17) is 10.5 Å². The van der Waals surface area contributed by atoms with E-state index in [1.807, 2.05) is 6.92 Å². The summed E-state index contributed by atoms with van der Waals surface area (Å²) in [5.41, 5.74) is 5.10. The number of alkyl halides is 3. The molecule has 1 atom stereocenters. The van der Waals surface area contributed by atoms with E-state index in [1.54, 1.807) is 45.3 Å². The highest BCUT2D eigenvalue weighted by atomic mass is 19.4. The standard InChI is InChI=1S/C20H22F3N3O.C5H11NO2/c1-12(2)8-13(3)11-27-18-5-4-14(9-17(18)20(21,22)23)15-6-7-24-19-16(15)10-25-26-19;1-5(2,3)8-4(6)7/h4-7,9-10,12-13H,8,11H2,1-3H3,(H,24,25,26);1-3H3,(H2,6,7). The number of amides is 1. The number of carbonyl (C=O) groups is 1. The van der Waals surface area contributed by atoms with Crippen LogP contribution in [0.15, 0.2) is 36.7 Å². The molecule has 0 saturated heterocycles. The van der Waals surface area contributed by atoms with Gasteiger partial charge < -0.3 is 15.2 Å². The zero-order valence-corrected chi connectivity index (χ0v) is 20.9. The Labute approximate surface area is 203 Å². The summed E-state index contributed by atoms with van der Waals surface area (Å²) in [4.78, 5) is 14.1. The molecular weight excluding hydrogens is 461 g/mol. The molecule has 0 spiro atoms. The van der Waals surface area contributed by atoms with Crippen LogP contribution in [-0.2, 0) is 10.9 Å². The van der Waals surface area contributed by atoms with Crippen LogP contribution in [0.1, 0.15) is 53.5 Å². The topological polar surface area (TPSA) is 103 Å². The molecule has 7 nitrogen and oxygen atoms in total. The first-order chi connectivity index (χ1) is 16.2. The molecule has 0 aliphatic heterocycles. The van der Waals surface area contributed by atoms with Crippen molar-refractivity contribution in [2.24, 2.45) is 17.6 Å². The van der Waals surface area contributed by atoms with Gasteiger partial charge >= 0.3 is 12.3 Å². The first-order valence-electron chi connectivity index (χ1n) is 11.3. The maximum absolute atomic E-state index is 13.6. The number of pyridine rings is 1. The normalized spacial score (nSPS) is 12.7. The lowest BCUT2D eigenvalue weighted by Gasteiger charge is -2.19. The predicted molar refractivity (Wildman–Crippen MR) is 129 cm³/mol. The lowest BCUT2D eigenvalue weighted by atomic mass is 9.99. The number of carbonyl (C=O) groups excluding carboxylic acids is 1. The van der Waals surface area contributed by atoms with Gasteiger partial charge in [-0.1, -0.05) is 26.8 Å². The molecule has 3 rings (SSSR count). The fourth-order valence-corrected chi connectivity index (χ4v) is 3.55. The van der Waals surface area contributed by atoms with Crippen LogP contribution in [0, 0.1) is 11.8 Å². The van der Waals surface area contributed by atoms with E-state index in [1.165, 1.54) is 6.07 Å². The lowest BCUT2D eigenvalue weighted by Crippen LogP contribution is -2.27. The molecule has 2 heterocycles. The van der Waals surface area contributed by atoms with E-state index in [-0.39, 0.29) is 18.3 Å². The van der Waals surface area contributed by atoms with Gasteiger partial charge in [0, 0.05) is 11.6 Å². The molecule has 0 bridgehead atoms. The third kappa shape index (κ3) is 8.77. The van der Waals surface area contributed by atoms with E-state index in [2.05, 4.69) is 33.8 Å². The molecular formula is C25H33F3N4O3. The number of halogens is 3. The largest absolute Gasteiger partial charge is 0.493 e. The minimum Gasteiger partial charge on any atom is -0.493 e. The van der Waals surface area contributed by atoms with Gasteiger partial charge in [-0.15, -0.1) is 0 Å². The maximum atomic E-state index is 13.6. The predicted octanol–water partition coefficient (Wildman–Crippen LogP) is 6.58. The number of rotatable bonds is 6. The minimum absolute atomic E-state index is 0.139. The highest BCUT2D eigenvalue weighted by Crippen LogP contribution is 2.40. The van der Waals surface area contributed by atoms with Crippen molar-refractivity contribution in [3.05, 3.63) is 42.2 Å². The summed E-state index contributed by atoms with van der Waals surface area (Å²) in [5, 5.41) is 7.31. The Hall–Kier alpha value is -3.30. The minimum atomic E-state index is -4.50. The van der Waals surface area contributed by atoms with Gasteiger partial charge in [0.15, 0.2) is 5.65 Å². The molecule has 192 valence electrons. The van der Waals surface area contributed by atoms with Gasteiger partial charge in [0.1, 0.15) is 11.4 Å². The van der Waals surface area contributed by atoms with E-state index in [9.17, 15) is 18.0 Å². The Morgan fingerprint density at radius 2 is 1.83 bits per heavy atom. The van der Waals surface area contributed by atoms with Crippen molar-refractivity contribution < 1.29 is 27.4 Å². The third-order valence-corrected chi connectivity index (χ3v) is 4.75. The number of H-pyrrole nitrogens is 1. The monoisotopic (exact) mass is 494 g/mol. The smallest absolute Gasteiger partial charge is 0.419 e. The second-order valence-electron chi connectivity index (χ2n) is 9.78. The summed E-state index contributed by atoms with van der Waals surface area (Å²) in [6.07, 6.45) is -1.23. The van der Waals surface area contributed by atoms with Gasteiger partial charge in [-0.3, -0.25) is 5.10 Å². The number of nitrogens with zero attached hydrogens (tertiary/aromatic N) is 2. The average Bonchev–Trinajstić information content (AvgIpc) is 3.18. The number of nitrogens with one attached hydrogen (secondary N) is 1. The van der Waals surface area contributed by atoms with Crippen LogP contribution >= 0.6 is 0 Å². The molecule has 1 amide bonds. The Morgan fingerprint density at radius 3 is 2.37 bits per heavy atom. The zero-order valence-electron chi connectivity index (χ0n) is 20.9. The molecule has 1 aromatic carbocycles. The Morgan fingerprint density at radius 1 is 1.14 bits per heavy atom. The van der Waals surface area contributed by atoms with E-state index in [0.29, 0.717) is 28.1 Å². The number of benzene rings is 1. The van der Waals surface area contributed by atoms with Gasteiger partial charge in [-0.05, 0) is 68.4 Å². The summed E-state index contributed by atoms with van der Waals surface area (Å²) in [7, 11) is 0. The average molecular weight is 495 g/mol. The fourth-order valence-electron chi connectivity index (χ4n) is 3.55. The van der Waals surface area contributed by atoms with Crippen molar-refractivity contribution >= 4 is 17.1 Å². The van der Waals surface area contributed by atoms with Crippen LogP contribution in [0.3, 0.4) is 0 Å². The van der Waals surface area contributed by atoms with E-state index >= 15 is 0 Å². The molecule has 35 heavy (non-hydrogen) atoms. The van der Waals surface area contributed by atoms with Crippen molar-refractivity contribution in [2.75, 3.05) is 6.61 Å². The second-order valence-corrected chi connectivity index (χ2v) is 9.78. The molecule has 1 unspecified atom stereocenters. The molecule has 0 aliphatic carbocycles. The fraction of sp³-hybridized carbons (Fsp3) is 0.480. The Kier molecular flexibility index (Phi) is 9.12. The number of ether oxygens (including phenoxy) is 2. The number of fused-ring (bicyclic) bond motifs is 1. The molecule has 10 heteroatoms. The summed E-state index contributed by atoms with van der Waals surface area (Å²) in [6.45, 7) is 11.7. The van der Waals surface area contributed by atoms with Crippen LogP contribution in [0.5, 0.6) is 5.75 Å². The highest BCUT2D eigenvalue weighted by molar-refractivity contribution is 5.92. The number of hydrogen-bond donors (Lipinski definition) is 2. The number of aromatic amines is 1. The van der Waals surface area contributed by atoms with Gasteiger partial charge in [0.2, 0.25) is 0 Å². The van der Waals surface area contributed by atoms with Crippen molar-refractivity contribution in [3.63, 3.8) is 0 Å². The molecule has 0 radical (unpaired) electrons. The molecule has 2 aromatic heterocycles. The van der Waals surface area contributed by atoms with Crippen molar-refractivity contribution in [1.82, 2.24) is 15.2 Å². The number of aromatic nitrogens is 3. The second kappa shape index (κ2) is 11.4. The van der Waals surface area contributed by atoms with Crippen LogP contribution in [0.2, 0.25) is 0 Å². The lowest BCUT2D eigenvalue weighted by molar-refractivity contribution is -0.139. The van der Waals surface area contributed by atoms with Gasteiger partial charge in [-0.2, -0.15) is 18.3 Å². The summed E-state index contributed by atoms with van der Waals surface area (Å²) in [6, 6.07) is 5.84. The number of nitrogens with two attached hydrogens (primary N) is 1. The molecule has 3 aromatic rings.